The predicted octanol–water partition coefficient (Wildman–Crippen LogP) is -0.429. The normalized spacial score (nSPS) is 12.7. The van der Waals surface area contributed by atoms with Gasteiger partial charge >= 0.3 is 0 Å². The van der Waals surface area contributed by atoms with Gasteiger partial charge in [0.15, 0.2) is 0 Å². The van der Waals surface area contributed by atoms with Gasteiger partial charge in [0.05, 0.1) is 0 Å². The lowest BCUT2D eigenvalue weighted by molar-refractivity contribution is -0.133. The third-order valence-corrected chi connectivity index (χ3v) is 2.36. The minimum absolute atomic E-state index is 0.0144. The van der Waals surface area contributed by atoms with Crippen LogP contribution in [-0.4, -0.2) is 36.7 Å². The number of nitrogens with one attached hydrogen (secondary N) is 2. The van der Waals surface area contributed by atoms with E-state index in [0.29, 0.717) is 13.1 Å². The fraction of sp³-hybridized carbons (Fsp3) is 0.750. The first-order chi connectivity index (χ1) is 8.18. The smallest absolute Gasteiger partial charge is 0.243 e. The van der Waals surface area contributed by atoms with Crippen LogP contribution in [0.4, 0.5) is 0 Å². The Bertz CT molecular complexity index is 321. The molecule has 0 aromatic rings. The summed E-state index contributed by atoms with van der Waals surface area (Å²) in [6.07, 6.45) is -0.0144. The van der Waals surface area contributed by atoms with Gasteiger partial charge < -0.3 is 16.4 Å². The molecule has 0 aliphatic carbocycles. The lowest BCUT2D eigenvalue weighted by atomic mass is 9.87. The van der Waals surface area contributed by atoms with Gasteiger partial charge in [0.25, 0.3) is 0 Å². The third kappa shape index (κ3) is 6.34. The molecule has 0 spiro atoms. The lowest BCUT2D eigenvalue weighted by Gasteiger charge is -2.22. The molecule has 6 nitrogen and oxygen atoms in total. The molecule has 0 heterocycles. The number of Topliss-reactive ketones (excluding diaryl/α,β-unsaturated/α-hetero) is 1. The topological polar surface area (TPSA) is 101 Å². The van der Waals surface area contributed by atoms with Gasteiger partial charge in [-0.05, 0) is 0 Å². The second-order valence-electron chi connectivity index (χ2n) is 5.21. The van der Waals surface area contributed by atoms with E-state index in [1.54, 1.807) is 20.8 Å². The van der Waals surface area contributed by atoms with Gasteiger partial charge in [0.1, 0.15) is 11.8 Å². The lowest BCUT2D eigenvalue weighted by Crippen LogP contribution is -2.49. The van der Waals surface area contributed by atoms with E-state index < -0.39 is 11.5 Å². The Morgan fingerprint density at radius 3 is 2.17 bits per heavy atom. The van der Waals surface area contributed by atoms with Crippen LogP contribution in [0.2, 0.25) is 0 Å². The monoisotopic (exact) mass is 257 g/mol. The number of ketones is 1. The van der Waals surface area contributed by atoms with Gasteiger partial charge in [-0.2, -0.15) is 0 Å². The minimum Gasteiger partial charge on any atom is -0.353 e. The summed E-state index contributed by atoms with van der Waals surface area (Å²) >= 11 is 0. The fourth-order valence-electron chi connectivity index (χ4n) is 1.26. The van der Waals surface area contributed by atoms with Crippen molar-refractivity contribution >= 4 is 17.6 Å². The average molecular weight is 257 g/mol. The van der Waals surface area contributed by atoms with Crippen molar-refractivity contribution < 1.29 is 14.4 Å². The number of carbonyl (C=O) groups is 3. The first-order valence-corrected chi connectivity index (χ1v) is 5.96. The number of amides is 2. The number of rotatable bonds is 6. The van der Waals surface area contributed by atoms with Crippen LogP contribution in [0.15, 0.2) is 0 Å². The van der Waals surface area contributed by atoms with Crippen LogP contribution in [0.1, 0.15) is 34.1 Å². The van der Waals surface area contributed by atoms with Crippen LogP contribution < -0.4 is 16.4 Å². The molecule has 0 saturated carbocycles. The maximum Gasteiger partial charge on any atom is 0.243 e. The summed E-state index contributed by atoms with van der Waals surface area (Å²) in [6.45, 7) is 7.27. The van der Waals surface area contributed by atoms with E-state index in [2.05, 4.69) is 10.6 Å². The largest absolute Gasteiger partial charge is 0.353 e. The Morgan fingerprint density at radius 1 is 1.22 bits per heavy atom. The first kappa shape index (κ1) is 16.6. The van der Waals surface area contributed by atoms with Gasteiger partial charge in [0.2, 0.25) is 11.8 Å². The summed E-state index contributed by atoms with van der Waals surface area (Å²) in [5.74, 6) is -0.804. The summed E-state index contributed by atoms with van der Waals surface area (Å²) in [4.78, 5) is 34.7. The Labute approximate surface area is 108 Å². The van der Waals surface area contributed by atoms with Crippen LogP contribution in [-0.2, 0) is 14.4 Å². The zero-order valence-corrected chi connectivity index (χ0v) is 11.5. The number of hydrogen-bond acceptors (Lipinski definition) is 4. The van der Waals surface area contributed by atoms with Gasteiger partial charge in [-0.25, -0.2) is 0 Å². The van der Waals surface area contributed by atoms with Gasteiger partial charge in [0, 0.05) is 31.8 Å². The van der Waals surface area contributed by atoms with Crippen molar-refractivity contribution in [1.82, 2.24) is 10.6 Å². The molecule has 0 aliphatic rings. The molecule has 2 amide bonds. The molecule has 0 rings (SSSR count). The van der Waals surface area contributed by atoms with Crippen molar-refractivity contribution in [1.29, 1.82) is 0 Å². The molecule has 0 aromatic carbocycles. The molecule has 1 unspecified atom stereocenters. The van der Waals surface area contributed by atoms with Gasteiger partial charge in [-0.15, -0.1) is 0 Å². The first-order valence-electron chi connectivity index (χ1n) is 5.96. The number of carbonyl (C=O) groups excluding carboxylic acids is 3. The maximum absolute atomic E-state index is 11.9. The van der Waals surface area contributed by atoms with E-state index in [-0.39, 0.29) is 24.0 Å². The SMILES string of the molecule is CC(=O)NC(CC(=O)C(C)(C)C)C(=O)NCCN. The van der Waals surface area contributed by atoms with Crippen molar-refractivity contribution in [3.8, 4) is 0 Å². The van der Waals surface area contributed by atoms with Crippen molar-refractivity contribution in [3.63, 3.8) is 0 Å². The molecule has 18 heavy (non-hydrogen) atoms. The van der Waals surface area contributed by atoms with Gasteiger partial charge in [-0.3, -0.25) is 14.4 Å². The van der Waals surface area contributed by atoms with Gasteiger partial charge in [-0.1, -0.05) is 20.8 Å². The molecule has 0 saturated heterocycles. The molecule has 0 fully saturated rings. The van der Waals surface area contributed by atoms with E-state index >= 15 is 0 Å². The maximum atomic E-state index is 11.9. The molecule has 0 bridgehead atoms. The van der Waals surface area contributed by atoms with E-state index in [1.165, 1.54) is 6.92 Å². The third-order valence-electron chi connectivity index (χ3n) is 2.36. The zero-order valence-electron chi connectivity index (χ0n) is 11.5. The molecule has 6 heteroatoms. The molecular formula is C12H23N3O3. The molecule has 0 aliphatic heterocycles. The molecule has 0 radical (unpaired) electrons. The summed E-state index contributed by atoms with van der Waals surface area (Å²) in [6, 6.07) is -0.833. The average Bonchev–Trinajstić information content (AvgIpc) is 2.22. The second kappa shape index (κ2) is 7.10. The van der Waals surface area contributed by atoms with Crippen LogP contribution in [0.25, 0.3) is 0 Å². The molecular weight excluding hydrogens is 234 g/mol. The summed E-state index contributed by atoms with van der Waals surface area (Å²) < 4.78 is 0. The summed E-state index contributed by atoms with van der Waals surface area (Å²) in [5.41, 5.74) is 4.74. The highest BCUT2D eigenvalue weighted by Crippen LogP contribution is 2.17. The van der Waals surface area contributed by atoms with E-state index in [0.717, 1.165) is 0 Å². The molecule has 104 valence electrons. The van der Waals surface area contributed by atoms with Crippen LogP contribution in [0, 0.1) is 5.41 Å². The predicted molar refractivity (Wildman–Crippen MR) is 68.7 cm³/mol. The van der Waals surface area contributed by atoms with Crippen LogP contribution in [0.3, 0.4) is 0 Å². The Kier molecular flexibility index (Phi) is 6.54. The van der Waals surface area contributed by atoms with E-state index in [1.807, 2.05) is 0 Å². The Morgan fingerprint density at radius 2 is 1.78 bits per heavy atom. The van der Waals surface area contributed by atoms with Crippen LogP contribution in [0.5, 0.6) is 0 Å². The number of hydrogen-bond donors (Lipinski definition) is 3. The highest BCUT2D eigenvalue weighted by atomic mass is 16.2. The van der Waals surface area contributed by atoms with Crippen LogP contribution >= 0.6 is 0 Å². The second-order valence-corrected chi connectivity index (χ2v) is 5.21. The van der Waals surface area contributed by atoms with Crippen molar-refractivity contribution in [2.45, 2.75) is 40.2 Å². The zero-order chi connectivity index (χ0) is 14.3. The summed E-state index contributed by atoms with van der Waals surface area (Å²) in [7, 11) is 0. The Hall–Kier alpha value is -1.43. The van der Waals surface area contributed by atoms with E-state index in [9.17, 15) is 14.4 Å². The van der Waals surface area contributed by atoms with Crippen molar-refractivity contribution in [2.24, 2.45) is 11.1 Å². The molecule has 4 N–H and O–H groups in total. The highest BCUT2D eigenvalue weighted by molar-refractivity contribution is 5.93. The fourth-order valence-corrected chi connectivity index (χ4v) is 1.26. The quantitative estimate of drug-likeness (QED) is 0.601. The highest BCUT2D eigenvalue weighted by Gasteiger charge is 2.28. The Balaban J connectivity index is 4.63. The number of nitrogens with two attached hydrogens (primary N) is 1. The minimum atomic E-state index is -0.833. The molecule has 0 aromatic heterocycles. The van der Waals surface area contributed by atoms with E-state index in [4.69, 9.17) is 5.73 Å². The standard InChI is InChI=1S/C12H23N3O3/c1-8(16)15-9(11(18)14-6-5-13)7-10(17)12(2,3)4/h9H,5-7,13H2,1-4H3,(H,14,18)(H,15,16). The van der Waals surface area contributed by atoms with Crippen molar-refractivity contribution in [3.05, 3.63) is 0 Å². The van der Waals surface area contributed by atoms with Crippen molar-refractivity contribution in [2.75, 3.05) is 13.1 Å². The molecule has 1 atom stereocenters. The summed E-state index contributed by atoms with van der Waals surface area (Å²) in [5, 5.41) is 5.04.